The molecule has 1 aliphatic rings. The maximum atomic E-state index is 12.8. The number of amides is 1. The molecule has 10 heteroatoms. The largest absolute Gasteiger partial charge is 0.493 e. The van der Waals surface area contributed by atoms with Gasteiger partial charge in [-0.1, -0.05) is 17.3 Å². The van der Waals surface area contributed by atoms with E-state index in [1.807, 2.05) is 6.07 Å². The molecule has 1 amide bonds. The lowest BCUT2D eigenvalue weighted by molar-refractivity contribution is -0.121. The van der Waals surface area contributed by atoms with E-state index in [0.717, 1.165) is 5.56 Å². The molecule has 3 aromatic rings. The van der Waals surface area contributed by atoms with Gasteiger partial charge in [0.1, 0.15) is 0 Å². The van der Waals surface area contributed by atoms with E-state index in [0.29, 0.717) is 66.9 Å². The number of esters is 1. The van der Waals surface area contributed by atoms with Gasteiger partial charge in [0, 0.05) is 11.5 Å². The fourth-order valence-electron chi connectivity index (χ4n) is 4.07. The molecule has 2 aromatic carbocycles. The molecule has 4 rings (SSSR count). The molecule has 2 heterocycles. The molecular formula is C25H28N4O6. The monoisotopic (exact) mass is 480 g/mol. The van der Waals surface area contributed by atoms with E-state index in [4.69, 9.17) is 18.7 Å². The van der Waals surface area contributed by atoms with Gasteiger partial charge in [0.25, 0.3) is 0 Å². The standard InChI is InChI=1S/C25H28N4O6/c1-32-20-9-8-17(14-21(20)33-2)23-27-22(35-28-23)15-29-12-10-16(11-13-29)24(30)26-19-7-5-4-6-18(19)25(31)34-3/h4-9,14,16H,10-13,15H2,1-3H3,(H,26,30). The van der Waals surface area contributed by atoms with Crippen molar-refractivity contribution in [3.63, 3.8) is 0 Å². The van der Waals surface area contributed by atoms with Crippen molar-refractivity contribution in [2.75, 3.05) is 39.7 Å². The number of hydrogen-bond acceptors (Lipinski definition) is 9. The molecular weight excluding hydrogens is 452 g/mol. The minimum absolute atomic E-state index is 0.102. The van der Waals surface area contributed by atoms with Crippen molar-refractivity contribution in [1.82, 2.24) is 15.0 Å². The number of nitrogens with one attached hydrogen (secondary N) is 1. The van der Waals surface area contributed by atoms with Crippen molar-refractivity contribution in [3.05, 3.63) is 53.9 Å². The lowest BCUT2D eigenvalue weighted by atomic mass is 9.95. The smallest absolute Gasteiger partial charge is 0.339 e. The summed E-state index contributed by atoms with van der Waals surface area (Å²) in [6.07, 6.45) is 1.37. The highest BCUT2D eigenvalue weighted by atomic mass is 16.5. The van der Waals surface area contributed by atoms with E-state index < -0.39 is 5.97 Å². The van der Waals surface area contributed by atoms with Crippen molar-refractivity contribution in [3.8, 4) is 22.9 Å². The van der Waals surface area contributed by atoms with Crippen LogP contribution in [0.4, 0.5) is 5.69 Å². The number of benzene rings is 2. The van der Waals surface area contributed by atoms with Gasteiger partial charge < -0.3 is 24.1 Å². The summed E-state index contributed by atoms with van der Waals surface area (Å²) in [4.78, 5) is 31.5. The SMILES string of the molecule is COC(=O)c1ccccc1NC(=O)C1CCN(Cc2nc(-c3ccc(OC)c(OC)c3)no2)CC1. The van der Waals surface area contributed by atoms with Crippen LogP contribution in [-0.2, 0) is 16.1 Å². The molecule has 0 bridgehead atoms. The van der Waals surface area contributed by atoms with Crippen molar-refractivity contribution in [1.29, 1.82) is 0 Å². The Balaban J connectivity index is 1.32. The van der Waals surface area contributed by atoms with Gasteiger partial charge in [-0.05, 0) is 56.3 Å². The number of methoxy groups -OCH3 is 3. The summed E-state index contributed by atoms with van der Waals surface area (Å²) in [6, 6.07) is 12.3. The predicted octanol–water partition coefficient (Wildman–Crippen LogP) is 3.39. The van der Waals surface area contributed by atoms with Gasteiger partial charge in [0.05, 0.1) is 39.1 Å². The number of hydrogen-bond donors (Lipinski definition) is 1. The topological polar surface area (TPSA) is 116 Å². The third-order valence-corrected chi connectivity index (χ3v) is 6.02. The van der Waals surface area contributed by atoms with E-state index in [1.54, 1.807) is 50.6 Å². The zero-order valence-electron chi connectivity index (χ0n) is 19.9. The highest BCUT2D eigenvalue weighted by Crippen LogP contribution is 2.31. The van der Waals surface area contributed by atoms with Crippen LogP contribution in [0.3, 0.4) is 0 Å². The molecule has 0 unspecified atom stereocenters. The quantitative estimate of drug-likeness (QED) is 0.484. The molecule has 1 aliphatic heterocycles. The van der Waals surface area contributed by atoms with E-state index >= 15 is 0 Å². The number of rotatable bonds is 8. The lowest BCUT2D eigenvalue weighted by Gasteiger charge is -2.30. The number of para-hydroxylation sites is 1. The van der Waals surface area contributed by atoms with Crippen LogP contribution < -0.4 is 14.8 Å². The minimum Gasteiger partial charge on any atom is -0.493 e. The normalized spacial score (nSPS) is 14.4. The molecule has 0 radical (unpaired) electrons. The molecule has 0 aliphatic carbocycles. The molecule has 184 valence electrons. The number of carbonyl (C=O) groups excluding carboxylic acids is 2. The number of carbonyl (C=O) groups is 2. The molecule has 1 saturated heterocycles. The van der Waals surface area contributed by atoms with Gasteiger partial charge in [-0.2, -0.15) is 4.98 Å². The fraction of sp³-hybridized carbons (Fsp3) is 0.360. The first kappa shape index (κ1) is 24.2. The third kappa shape index (κ3) is 5.60. The average Bonchev–Trinajstić information content (AvgIpc) is 3.37. The van der Waals surface area contributed by atoms with Gasteiger partial charge in [0.2, 0.25) is 17.6 Å². The average molecular weight is 481 g/mol. The van der Waals surface area contributed by atoms with Crippen molar-refractivity contribution in [2.45, 2.75) is 19.4 Å². The Kier molecular flexibility index (Phi) is 7.61. The summed E-state index contributed by atoms with van der Waals surface area (Å²) in [6.45, 7) is 1.93. The molecule has 1 aromatic heterocycles. The van der Waals surface area contributed by atoms with Crippen LogP contribution in [0, 0.1) is 5.92 Å². The van der Waals surface area contributed by atoms with E-state index in [1.165, 1.54) is 7.11 Å². The summed E-state index contributed by atoms with van der Waals surface area (Å²) in [5.74, 6) is 1.45. The summed E-state index contributed by atoms with van der Waals surface area (Å²) in [5, 5.41) is 6.97. The number of ether oxygens (including phenoxy) is 3. The van der Waals surface area contributed by atoms with Gasteiger partial charge >= 0.3 is 5.97 Å². The Morgan fingerprint density at radius 2 is 1.80 bits per heavy atom. The van der Waals surface area contributed by atoms with Crippen molar-refractivity contribution >= 4 is 17.6 Å². The highest BCUT2D eigenvalue weighted by Gasteiger charge is 2.27. The van der Waals surface area contributed by atoms with E-state index in [-0.39, 0.29) is 11.8 Å². The Morgan fingerprint density at radius 3 is 2.51 bits per heavy atom. The van der Waals surface area contributed by atoms with Gasteiger partial charge in [-0.3, -0.25) is 9.69 Å². The third-order valence-electron chi connectivity index (χ3n) is 6.02. The number of nitrogens with zero attached hydrogens (tertiary/aromatic N) is 3. The molecule has 0 saturated carbocycles. The van der Waals surface area contributed by atoms with Crippen LogP contribution in [0.15, 0.2) is 47.0 Å². The molecule has 1 fully saturated rings. The highest BCUT2D eigenvalue weighted by molar-refractivity contribution is 6.01. The maximum absolute atomic E-state index is 12.8. The zero-order valence-corrected chi connectivity index (χ0v) is 19.9. The van der Waals surface area contributed by atoms with Gasteiger partial charge in [-0.25, -0.2) is 4.79 Å². The predicted molar refractivity (Wildman–Crippen MR) is 127 cm³/mol. The summed E-state index contributed by atoms with van der Waals surface area (Å²) in [5.41, 5.74) is 1.56. The Hall–Kier alpha value is -3.92. The van der Waals surface area contributed by atoms with Crippen molar-refractivity contribution in [2.24, 2.45) is 5.92 Å². The number of anilines is 1. The molecule has 0 atom stereocenters. The lowest BCUT2D eigenvalue weighted by Crippen LogP contribution is -2.38. The molecule has 35 heavy (non-hydrogen) atoms. The van der Waals surface area contributed by atoms with Gasteiger partial charge in [-0.15, -0.1) is 0 Å². The Morgan fingerprint density at radius 1 is 1.06 bits per heavy atom. The van der Waals surface area contributed by atoms with Gasteiger partial charge in [0.15, 0.2) is 11.5 Å². The van der Waals surface area contributed by atoms with Crippen LogP contribution >= 0.6 is 0 Å². The van der Waals surface area contributed by atoms with Crippen LogP contribution in [0.5, 0.6) is 11.5 Å². The zero-order chi connectivity index (χ0) is 24.8. The summed E-state index contributed by atoms with van der Waals surface area (Å²) < 4.78 is 20.9. The molecule has 1 N–H and O–H groups in total. The fourth-order valence-corrected chi connectivity index (χ4v) is 4.07. The number of likely N-dealkylation sites (tertiary alicyclic amines) is 1. The minimum atomic E-state index is -0.484. The first-order chi connectivity index (χ1) is 17.0. The van der Waals surface area contributed by atoms with Crippen molar-refractivity contribution < 1.29 is 28.3 Å². The van der Waals surface area contributed by atoms with E-state index in [9.17, 15) is 9.59 Å². The second-order valence-electron chi connectivity index (χ2n) is 8.16. The van der Waals surface area contributed by atoms with Crippen LogP contribution in [0.2, 0.25) is 0 Å². The molecule has 10 nitrogen and oxygen atoms in total. The summed E-state index contributed by atoms with van der Waals surface area (Å²) in [7, 11) is 4.47. The second-order valence-corrected chi connectivity index (χ2v) is 8.16. The first-order valence-corrected chi connectivity index (χ1v) is 11.3. The van der Waals surface area contributed by atoms with Crippen LogP contribution in [-0.4, -0.2) is 61.3 Å². The summed E-state index contributed by atoms with van der Waals surface area (Å²) >= 11 is 0. The van der Waals surface area contributed by atoms with E-state index in [2.05, 4.69) is 20.4 Å². The number of piperidine rings is 1. The first-order valence-electron chi connectivity index (χ1n) is 11.3. The second kappa shape index (κ2) is 11.0. The maximum Gasteiger partial charge on any atom is 0.339 e. The van der Waals surface area contributed by atoms with Crippen LogP contribution in [0.25, 0.3) is 11.4 Å². The Bertz CT molecular complexity index is 1190. The van der Waals surface area contributed by atoms with Crippen LogP contribution in [0.1, 0.15) is 29.1 Å². The molecule has 0 spiro atoms. The Labute approximate surface area is 203 Å². The number of aromatic nitrogens is 2.